The lowest BCUT2D eigenvalue weighted by atomic mass is 9.85. The molecule has 4 nitrogen and oxygen atoms in total. The second kappa shape index (κ2) is 6.48. The second-order valence-electron chi connectivity index (χ2n) is 6.44. The fourth-order valence-corrected chi connectivity index (χ4v) is 3.34. The molecule has 0 aromatic heterocycles. The van der Waals surface area contributed by atoms with Crippen molar-refractivity contribution < 1.29 is 4.74 Å². The van der Waals surface area contributed by atoms with Crippen molar-refractivity contribution in [3.8, 4) is 5.75 Å². The number of likely N-dealkylation sites (tertiary alicyclic amines) is 1. The first kappa shape index (κ1) is 15.8. The first-order chi connectivity index (χ1) is 9.92. The maximum absolute atomic E-state index is 7.68. The Kier molecular flexibility index (Phi) is 4.88. The van der Waals surface area contributed by atoms with E-state index in [2.05, 4.69) is 31.7 Å². The number of amidine groups is 1. The van der Waals surface area contributed by atoms with Crippen LogP contribution in [0.15, 0.2) is 18.2 Å². The largest absolute Gasteiger partial charge is 0.496 e. The number of piperidine rings is 1. The second-order valence-corrected chi connectivity index (χ2v) is 6.44. The quantitative estimate of drug-likeness (QED) is 0.662. The number of nitrogens with two attached hydrogens (primary N) is 1. The van der Waals surface area contributed by atoms with Crippen LogP contribution in [-0.4, -0.2) is 30.4 Å². The molecule has 0 radical (unpaired) electrons. The van der Waals surface area contributed by atoms with Gasteiger partial charge in [0.15, 0.2) is 0 Å². The van der Waals surface area contributed by atoms with Gasteiger partial charge in [0.1, 0.15) is 11.6 Å². The highest BCUT2D eigenvalue weighted by Crippen LogP contribution is 2.29. The Morgan fingerprint density at radius 1 is 1.38 bits per heavy atom. The van der Waals surface area contributed by atoms with E-state index in [1.807, 2.05) is 12.1 Å². The van der Waals surface area contributed by atoms with Gasteiger partial charge >= 0.3 is 0 Å². The summed E-state index contributed by atoms with van der Waals surface area (Å²) in [5.41, 5.74) is 7.52. The van der Waals surface area contributed by atoms with Gasteiger partial charge in [-0.3, -0.25) is 10.3 Å². The zero-order valence-corrected chi connectivity index (χ0v) is 13.5. The Morgan fingerprint density at radius 3 is 2.71 bits per heavy atom. The molecule has 1 fully saturated rings. The van der Waals surface area contributed by atoms with Crippen LogP contribution in [-0.2, 0) is 6.54 Å². The summed E-state index contributed by atoms with van der Waals surface area (Å²) in [6.45, 7) is 9.01. The van der Waals surface area contributed by atoms with Crippen molar-refractivity contribution in [2.75, 3.05) is 13.7 Å². The monoisotopic (exact) mass is 289 g/mol. The molecule has 1 saturated heterocycles. The molecule has 116 valence electrons. The third-order valence-corrected chi connectivity index (χ3v) is 4.66. The first-order valence-corrected chi connectivity index (χ1v) is 7.67. The Balaban J connectivity index is 2.19. The van der Waals surface area contributed by atoms with E-state index >= 15 is 0 Å². The van der Waals surface area contributed by atoms with Crippen LogP contribution < -0.4 is 10.5 Å². The van der Waals surface area contributed by atoms with Crippen LogP contribution in [0.4, 0.5) is 0 Å². The summed E-state index contributed by atoms with van der Waals surface area (Å²) in [7, 11) is 1.61. The van der Waals surface area contributed by atoms with Gasteiger partial charge in [-0.25, -0.2) is 0 Å². The number of hydrogen-bond donors (Lipinski definition) is 2. The summed E-state index contributed by atoms with van der Waals surface area (Å²) in [5.74, 6) is 2.18. The minimum absolute atomic E-state index is 0.0575. The molecule has 0 amide bonds. The standard InChI is InChI=1S/C17H27N3O/c1-11-7-12(2)13(3)20(9-11)10-14-5-6-16(21-4)15(8-14)17(18)19/h5-6,8,11-13H,7,9-10H2,1-4H3,(H3,18,19). The van der Waals surface area contributed by atoms with E-state index in [0.29, 0.717) is 17.4 Å². The van der Waals surface area contributed by atoms with Crippen molar-refractivity contribution in [1.82, 2.24) is 4.90 Å². The molecule has 4 heteroatoms. The normalized spacial score (nSPS) is 26.6. The lowest BCUT2D eigenvalue weighted by molar-refractivity contribution is 0.0729. The van der Waals surface area contributed by atoms with Gasteiger partial charge in [-0.1, -0.05) is 19.9 Å². The minimum Gasteiger partial charge on any atom is -0.496 e. The molecule has 0 bridgehead atoms. The molecule has 1 aromatic rings. The molecule has 1 aromatic carbocycles. The summed E-state index contributed by atoms with van der Waals surface area (Å²) in [4.78, 5) is 2.53. The van der Waals surface area contributed by atoms with Gasteiger partial charge in [-0.15, -0.1) is 0 Å². The Bertz CT molecular complexity index is 515. The molecule has 1 aliphatic rings. The Morgan fingerprint density at radius 2 is 2.10 bits per heavy atom. The van der Waals surface area contributed by atoms with E-state index in [0.717, 1.165) is 24.9 Å². The maximum atomic E-state index is 7.68. The highest BCUT2D eigenvalue weighted by atomic mass is 16.5. The fraction of sp³-hybridized carbons (Fsp3) is 0.588. The summed E-state index contributed by atoms with van der Waals surface area (Å²) in [6, 6.07) is 6.55. The Hall–Kier alpha value is -1.55. The topological polar surface area (TPSA) is 62.3 Å². The van der Waals surface area contributed by atoms with Crippen LogP contribution in [0.3, 0.4) is 0 Å². The predicted molar refractivity (Wildman–Crippen MR) is 86.8 cm³/mol. The highest BCUT2D eigenvalue weighted by Gasteiger charge is 2.28. The minimum atomic E-state index is 0.0575. The average Bonchev–Trinajstić information content (AvgIpc) is 2.44. The lowest BCUT2D eigenvalue weighted by Gasteiger charge is -2.41. The number of rotatable bonds is 4. The van der Waals surface area contributed by atoms with Crippen LogP contribution in [0.1, 0.15) is 38.3 Å². The molecule has 1 heterocycles. The van der Waals surface area contributed by atoms with Gasteiger partial charge in [-0.2, -0.15) is 0 Å². The SMILES string of the molecule is COc1ccc(CN2CC(C)CC(C)C2C)cc1C(=N)N. The van der Waals surface area contributed by atoms with Gasteiger partial charge in [0.05, 0.1) is 12.7 Å². The number of ether oxygens (including phenoxy) is 1. The summed E-state index contributed by atoms with van der Waals surface area (Å²) < 4.78 is 5.27. The molecule has 1 aliphatic heterocycles. The molecule has 3 atom stereocenters. The van der Waals surface area contributed by atoms with Gasteiger partial charge < -0.3 is 10.5 Å². The molecular weight excluding hydrogens is 262 g/mol. The van der Waals surface area contributed by atoms with E-state index < -0.39 is 0 Å². The van der Waals surface area contributed by atoms with Gasteiger partial charge in [-0.05, 0) is 42.9 Å². The zero-order valence-electron chi connectivity index (χ0n) is 13.5. The van der Waals surface area contributed by atoms with Crippen molar-refractivity contribution >= 4 is 5.84 Å². The van der Waals surface area contributed by atoms with Gasteiger partial charge in [0.25, 0.3) is 0 Å². The Labute approximate surface area is 127 Å². The number of benzene rings is 1. The van der Waals surface area contributed by atoms with Crippen molar-refractivity contribution in [3.05, 3.63) is 29.3 Å². The van der Waals surface area contributed by atoms with Crippen molar-refractivity contribution in [2.45, 2.75) is 39.8 Å². The first-order valence-electron chi connectivity index (χ1n) is 7.67. The number of nitrogen functional groups attached to an aromatic ring is 1. The predicted octanol–water partition coefficient (Wildman–Crippen LogP) is 2.85. The van der Waals surface area contributed by atoms with Crippen LogP contribution in [0.25, 0.3) is 0 Å². The third kappa shape index (κ3) is 3.56. The molecule has 0 saturated carbocycles. The number of methoxy groups -OCH3 is 1. The average molecular weight is 289 g/mol. The van der Waals surface area contributed by atoms with Crippen LogP contribution in [0.5, 0.6) is 5.75 Å². The van der Waals surface area contributed by atoms with E-state index in [-0.39, 0.29) is 5.84 Å². The molecule has 3 unspecified atom stereocenters. The third-order valence-electron chi connectivity index (χ3n) is 4.66. The molecular formula is C17H27N3O. The van der Waals surface area contributed by atoms with Crippen LogP contribution in [0, 0.1) is 17.2 Å². The van der Waals surface area contributed by atoms with E-state index in [4.69, 9.17) is 15.9 Å². The molecule has 3 N–H and O–H groups in total. The van der Waals surface area contributed by atoms with E-state index in [9.17, 15) is 0 Å². The molecule has 2 rings (SSSR count). The lowest BCUT2D eigenvalue weighted by Crippen LogP contribution is -2.45. The van der Waals surface area contributed by atoms with E-state index in [1.54, 1.807) is 7.11 Å². The van der Waals surface area contributed by atoms with Crippen LogP contribution >= 0.6 is 0 Å². The summed E-state index contributed by atoms with van der Waals surface area (Å²) in [5, 5.41) is 7.68. The summed E-state index contributed by atoms with van der Waals surface area (Å²) >= 11 is 0. The van der Waals surface area contributed by atoms with Gasteiger partial charge in [0, 0.05) is 19.1 Å². The van der Waals surface area contributed by atoms with Gasteiger partial charge in [0.2, 0.25) is 0 Å². The van der Waals surface area contributed by atoms with E-state index in [1.165, 1.54) is 12.0 Å². The number of nitrogens with one attached hydrogen (secondary N) is 1. The van der Waals surface area contributed by atoms with Crippen LogP contribution in [0.2, 0.25) is 0 Å². The molecule has 21 heavy (non-hydrogen) atoms. The van der Waals surface area contributed by atoms with Crippen molar-refractivity contribution in [1.29, 1.82) is 5.41 Å². The fourth-order valence-electron chi connectivity index (χ4n) is 3.34. The number of hydrogen-bond acceptors (Lipinski definition) is 3. The zero-order chi connectivity index (χ0) is 15.6. The smallest absolute Gasteiger partial charge is 0.129 e. The molecule has 0 aliphatic carbocycles. The van der Waals surface area contributed by atoms with Crippen molar-refractivity contribution in [3.63, 3.8) is 0 Å². The van der Waals surface area contributed by atoms with Crippen molar-refractivity contribution in [2.24, 2.45) is 17.6 Å². The molecule has 0 spiro atoms. The number of nitrogens with zero attached hydrogens (tertiary/aromatic N) is 1. The summed E-state index contributed by atoms with van der Waals surface area (Å²) in [6.07, 6.45) is 1.30. The maximum Gasteiger partial charge on any atom is 0.129 e. The highest BCUT2D eigenvalue weighted by molar-refractivity contribution is 5.97.